The number of likely N-dealkylation sites (tertiary alicyclic amines) is 1. The van der Waals surface area contributed by atoms with Gasteiger partial charge in [-0.15, -0.1) is 0 Å². The van der Waals surface area contributed by atoms with E-state index in [9.17, 15) is 4.79 Å². The second-order valence-corrected chi connectivity index (χ2v) is 7.56. The third-order valence-corrected chi connectivity index (χ3v) is 4.25. The van der Waals surface area contributed by atoms with E-state index < -0.39 is 0 Å². The molecule has 2 nitrogen and oxygen atoms in total. The molecule has 1 aliphatic rings. The van der Waals surface area contributed by atoms with Gasteiger partial charge in [0.15, 0.2) is 5.78 Å². The molecule has 0 aromatic heterocycles. The van der Waals surface area contributed by atoms with Crippen LogP contribution in [0.15, 0.2) is 30.3 Å². The van der Waals surface area contributed by atoms with Gasteiger partial charge in [-0.25, -0.2) is 0 Å². The molecule has 0 spiro atoms. The minimum atomic E-state index is -0.325. The lowest BCUT2D eigenvalue weighted by Crippen LogP contribution is -2.46. The molecule has 2 heteroatoms. The quantitative estimate of drug-likeness (QED) is 0.772. The van der Waals surface area contributed by atoms with Crippen LogP contribution in [-0.2, 0) is 0 Å². The summed E-state index contributed by atoms with van der Waals surface area (Å²) in [4.78, 5) is 15.1. The Bertz CT molecular complexity index is 462. The summed E-state index contributed by atoms with van der Waals surface area (Å²) in [6, 6.07) is 9.67. The summed E-state index contributed by atoms with van der Waals surface area (Å²) in [5, 5.41) is 0. The van der Waals surface area contributed by atoms with Crippen LogP contribution < -0.4 is 0 Å². The van der Waals surface area contributed by atoms with Gasteiger partial charge in [0.05, 0.1) is 0 Å². The zero-order valence-electron chi connectivity index (χ0n) is 13.3. The number of carbonyl (C=O) groups excluding carboxylic acids is 1. The molecule has 2 rings (SSSR count). The van der Waals surface area contributed by atoms with E-state index in [4.69, 9.17) is 0 Å². The highest BCUT2D eigenvalue weighted by molar-refractivity contribution is 6.00. The standard InChI is InChI=1S/C18H27NO/c1-17(2)11-8-12-19(13-17)14-18(3,4)16(20)15-9-6-5-7-10-15/h5-7,9-10H,8,11-14H2,1-4H3. The number of rotatable bonds is 4. The van der Waals surface area contributed by atoms with Crippen molar-refractivity contribution < 1.29 is 4.79 Å². The Hall–Kier alpha value is -1.15. The van der Waals surface area contributed by atoms with Crippen molar-refractivity contribution in [3.63, 3.8) is 0 Å². The maximum Gasteiger partial charge on any atom is 0.169 e. The van der Waals surface area contributed by atoms with Gasteiger partial charge in [0.1, 0.15) is 0 Å². The van der Waals surface area contributed by atoms with Gasteiger partial charge in [-0.05, 0) is 24.8 Å². The second-order valence-electron chi connectivity index (χ2n) is 7.56. The van der Waals surface area contributed by atoms with Crippen LogP contribution in [0.5, 0.6) is 0 Å². The smallest absolute Gasteiger partial charge is 0.169 e. The summed E-state index contributed by atoms with van der Waals surface area (Å²) in [6.45, 7) is 11.9. The zero-order chi connectivity index (χ0) is 14.8. The summed E-state index contributed by atoms with van der Waals surface area (Å²) < 4.78 is 0. The third kappa shape index (κ3) is 3.69. The SMILES string of the molecule is CC1(C)CCCN(CC(C)(C)C(=O)c2ccccc2)C1. The lowest BCUT2D eigenvalue weighted by molar-refractivity contribution is 0.0606. The summed E-state index contributed by atoms with van der Waals surface area (Å²) in [5.41, 5.74) is 0.882. The molecule has 0 atom stereocenters. The van der Waals surface area contributed by atoms with Crippen molar-refractivity contribution in [3.8, 4) is 0 Å². The maximum absolute atomic E-state index is 12.7. The van der Waals surface area contributed by atoms with Crippen LogP contribution in [0.1, 0.15) is 50.9 Å². The lowest BCUT2D eigenvalue weighted by atomic mass is 9.80. The summed E-state index contributed by atoms with van der Waals surface area (Å²) in [6.07, 6.45) is 2.53. The Morgan fingerprint density at radius 1 is 1.25 bits per heavy atom. The van der Waals surface area contributed by atoms with E-state index in [-0.39, 0.29) is 11.2 Å². The van der Waals surface area contributed by atoms with E-state index in [1.54, 1.807) is 0 Å². The molecule has 110 valence electrons. The Kier molecular flexibility index (Phi) is 4.33. The Balaban J connectivity index is 2.05. The number of hydrogen-bond acceptors (Lipinski definition) is 2. The number of piperidine rings is 1. The molecule has 0 saturated carbocycles. The van der Waals surface area contributed by atoms with Gasteiger partial charge in [-0.2, -0.15) is 0 Å². The van der Waals surface area contributed by atoms with Crippen LogP contribution in [0.25, 0.3) is 0 Å². The minimum absolute atomic E-state index is 0.251. The van der Waals surface area contributed by atoms with Gasteiger partial charge in [0.2, 0.25) is 0 Å². The van der Waals surface area contributed by atoms with Crippen LogP contribution in [-0.4, -0.2) is 30.3 Å². The second kappa shape index (κ2) is 5.69. The molecule has 1 aliphatic heterocycles. The first-order chi connectivity index (χ1) is 9.30. The number of carbonyl (C=O) groups is 1. The van der Waals surface area contributed by atoms with Crippen molar-refractivity contribution in [1.29, 1.82) is 0 Å². The van der Waals surface area contributed by atoms with Crippen LogP contribution in [0, 0.1) is 10.8 Å². The van der Waals surface area contributed by atoms with Crippen LogP contribution in [0.3, 0.4) is 0 Å². The fourth-order valence-corrected chi connectivity index (χ4v) is 3.29. The van der Waals surface area contributed by atoms with Crippen LogP contribution in [0.2, 0.25) is 0 Å². The zero-order valence-corrected chi connectivity index (χ0v) is 13.3. The predicted molar refractivity (Wildman–Crippen MR) is 84.0 cm³/mol. The van der Waals surface area contributed by atoms with Crippen molar-refractivity contribution in [3.05, 3.63) is 35.9 Å². The molecule has 20 heavy (non-hydrogen) atoms. The molecule has 0 unspecified atom stereocenters. The molecule has 1 fully saturated rings. The summed E-state index contributed by atoms with van der Waals surface area (Å²) in [7, 11) is 0. The van der Waals surface area contributed by atoms with E-state index in [0.29, 0.717) is 5.41 Å². The van der Waals surface area contributed by atoms with Crippen molar-refractivity contribution in [2.24, 2.45) is 10.8 Å². The van der Waals surface area contributed by atoms with E-state index >= 15 is 0 Å². The average molecular weight is 273 g/mol. The highest BCUT2D eigenvalue weighted by atomic mass is 16.1. The topological polar surface area (TPSA) is 20.3 Å². The predicted octanol–water partition coefficient (Wildman–Crippen LogP) is 4.02. The van der Waals surface area contributed by atoms with Crippen molar-refractivity contribution >= 4 is 5.78 Å². The Morgan fingerprint density at radius 2 is 1.90 bits per heavy atom. The molecule has 0 bridgehead atoms. The van der Waals surface area contributed by atoms with E-state index in [1.165, 1.54) is 12.8 Å². The van der Waals surface area contributed by atoms with Gasteiger partial charge >= 0.3 is 0 Å². The normalized spacial score (nSPS) is 19.8. The maximum atomic E-state index is 12.7. The monoisotopic (exact) mass is 273 g/mol. The molecule has 0 amide bonds. The first-order valence-electron chi connectivity index (χ1n) is 7.62. The van der Waals surface area contributed by atoms with Crippen molar-refractivity contribution in [2.45, 2.75) is 40.5 Å². The molecule has 0 N–H and O–H groups in total. The van der Waals surface area contributed by atoms with E-state index in [0.717, 1.165) is 25.2 Å². The van der Waals surface area contributed by atoms with Crippen LogP contribution >= 0.6 is 0 Å². The van der Waals surface area contributed by atoms with Gasteiger partial charge < -0.3 is 4.90 Å². The number of ketones is 1. The Labute approximate surface area is 123 Å². The summed E-state index contributed by atoms with van der Waals surface area (Å²) in [5.74, 6) is 0.251. The van der Waals surface area contributed by atoms with Gasteiger partial charge in [0.25, 0.3) is 0 Å². The van der Waals surface area contributed by atoms with E-state index in [1.807, 2.05) is 30.3 Å². The van der Waals surface area contributed by atoms with E-state index in [2.05, 4.69) is 32.6 Å². The Morgan fingerprint density at radius 3 is 2.50 bits per heavy atom. The molecular weight excluding hydrogens is 246 g/mol. The minimum Gasteiger partial charge on any atom is -0.302 e. The number of Topliss-reactive ketones (excluding diaryl/α,β-unsaturated/α-hetero) is 1. The van der Waals surface area contributed by atoms with Gasteiger partial charge in [-0.3, -0.25) is 4.79 Å². The molecule has 0 radical (unpaired) electrons. The van der Waals surface area contributed by atoms with Crippen LogP contribution in [0.4, 0.5) is 0 Å². The molecular formula is C18H27NO. The highest BCUT2D eigenvalue weighted by Crippen LogP contribution is 2.31. The number of benzene rings is 1. The van der Waals surface area contributed by atoms with Crippen molar-refractivity contribution in [1.82, 2.24) is 4.90 Å². The third-order valence-electron chi connectivity index (χ3n) is 4.25. The average Bonchev–Trinajstić information content (AvgIpc) is 2.37. The number of hydrogen-bond donors (Lipinski definition) is 0. The summed E-state index contributed by atoms with van der Waals surface area (Å²) >= 11 is 0. The first-order valence-corrected chi connectivity index (χ1v) is 7.62. The molecule has 0 aliphatic carbocycles. The first kappa shape index (κ1) is 15.2. The number of nitrogens with zero attached hydrogens (tertiary/aromatic N) is 1. The van der Waals surface area contributed by atoms with Gasteiger partial charge in [-0.1, -0.05) is 58.0 Å². The molecule has 1 heterocycles. The molecule has 1 aromatic rings. The van der Waals surface area contributed by atoms with Gasteiger partial charge in [0, 0.05) is 24.1 Å². The lowest BCUT2D eigenvalue weighted by Gasteiger charge is -2.41. The fraction of sp³-hybridized carbons (Fsp3) is 0.611. The molecule has 1 aromatic carbocycles. The molecule has 1 saturated heterocycles. The highest BCUT2D eigenvalue weighted by Gasteiger charge is 2.34. The largest absolute Gasteiger partial charge is 0.302 e. The fourth-order valence-electron chi connectivity index (χ4n) is 3.29. The van der Waals surface area contributed by atoms with Crippen molar-refractivity contribution in [2.75, 3.05) is 19.6 Å².